The Bertz CT molecular complexity index is 1020. The topological polar surface area (TPSA) is 61.8 Å². The first-order valence-corrected chi connectivity index (χ1v) is 10.5. The van der Waals surface area contributed by atoms with Crippen molar-refractivity contribution in [1.82, 2.24) is 15.4 Å². The van der Waals surface area contributed by atoms with Gasteiger partial charge in [-0.05, 0) is 47.4 Å². The maximum absolute atomic E-state index is 11.3. The lowest BCUT2D eigenvalue weighted by Crippen LogP contribution is -2.20. The molecule has 2 aromatic carbocycles. The van der Waals surface area contributed by atoms with E-state index in [1.165, 1.54) is 5.56 Å². The van der Waals surface area contributed by atoms with Gasteiger partial charge in [-0.25, -0.2) is 0 Å². The number of nitrogens with zero attached hydrogens (tertiary/aromatic N) is 2. The largest absolute Gasteiger partial charge is 0.507 e. The van der Waals surface area contributed by atoms with Crippen LogP contribution < -0.4 is 0 Å². The van der Waals surface area contributed by atoms with Gasteiger partial charge in [0.1, 0.15) is 17.1 Å². The van der Waals surface area contributed by atoms with Crippen molar-refractivity contribution in [3.05, 3.63) is 52.5 Å². The van der Waals surface area contributed by atoms with Crippen LogP contribution in [0.25, 0.3) is 22.5 Å². The van der Waals surface area contributed by atoms with E-state index < -0.39 is 0 Å². The van der Waals surface area contributed by atoms with Crippen LogP contribution in [-0.4, -0.2) is 20.5 Å². The molecule has 1 aromatic heterocycles. The monoisotopic (exact) mass is 411 g/mol. The van der Waals surface area contributed by atoms with E-state index >= 15 is 0 Å². The minimum atomic E-state index is -0.168. The van der Waals surface area contributed by atoms with Gasteiger partial charge >= 0.3 is 0 Å². The third kappa shape index (κ3) is 4.04. The highest BCUT2D eigenvalue weighted by molar-refractivity contribution is 6.30. The smallest absolute Gasteiger partial charge is 0.128 e. The van der Waals surface area contributed by atoms with Crippen molar-refractivity contribution >= 4 is 11.6 Å². The average molecular weight is 412 g/mol. The maximum atomic E-state index is 11.3. The normalized spacial score (nSPS) is 12.4. The molecule has 4 nitrogen and oxygen atoms in total. The highest BCUT2D eigenvalue weighted by atomic mass is 35.5. The number of aromatic amines is 1. The molecule has 3 aromatic rings. The molecule has 154 valence electrons. The number of H-pyrrole nitrogens is 1. The Morgan fingerprint density at radius 2 is 1.59 bits per heavy atom. The van der Waals surface area contributed by atoms with Crippen molar-refractivity contribution in [3.8, 4) is 28.3 Å². The van der Waals surface area contributed by atoms with Crippen molar-refractivity contribution in [3.63, 3.8) is 0 Å². The molecular weight excluding hydrogens is 382 g/mol. The van der Waals surface area contributed by atoms with Crippen LogP contribution in [-0.2, 0) is 10.8 Å². The molecule has 0 aliphatic carbocycles. The third-order valence-electron chi connectivity index (χ3n) is 6.29. The Hall–Kier alpha value is -2.33. The lowest BCUT2D eigenvalue weighted by Gasteiger charge is -2.30. The standard InChI is InChI=1S/C24H30ClN3O/c1-7-23(3,4)16-13-18(22(29)19(14-16)24(5,6)8-2)21-20(26-28-27-21)15-10-9-11-17(25)12-15/h9-14,29H,7-8H2,1-6H3,(H,26,27,28). The summed E-state index contributed by atoms with van der Waals surface area (Å²) in [7, 11) is 0. The fraction of sp³-hybridized carbons (Fsp3) is 0.417. The van der Waals surface area contributed by atoms with Crippen LogP contribution in [0.2, 0.25) is 5.02 Å². The van der Waals surface area contributed by atoms with Crippen LogP contribution >= 0.6 is 11.6 Å². The van der Waals surface area contributed by atoms with Crippen LogP contribution in [0.4, 0.5) is 0 Å². The molecular formula is C24H30ClN3O. The summed E-state index contributed by atoms with van der Waals surface area (Å²) >= 11 is 6.19. The summed E-state index contributed by atoms with van der Waals surface area (Å²) in [5.74, 6) is 0.268. The van der Waals surface area contributed by atoms with E-state index in [2.05, 4.69) is 69.1 Å². The number of benzene rings is 2. The summed E-state index contributed by atoms with van der Waals surface area (Å²) < 4.78 is 0. The van der Waals surface area contributed by atoms with Gasteiger partial charge in [-0.2, -0.15) is 15.4 Å². The number of aromatic hydroxyl groups is 1. The van der Waals surface area contributed by atoms with Crippen LogP contribution in [0.15, 0.2) is 36.4 Å². The van der Waals surface area contributed by atoms with Gasteiger partial charge in [0.2, 0.25) is 0 Å². The molecule has 0 radical (unpaired) electrons. The highest BCUT2D eigenvalue weighted by Crippen LogP contribution is 2.45. The molecule has 0 fully saturated rings. The molecule has 3 rings (SSSR count). The van der Waals surface area contributed by atoms with Gasteiger partial charge in [-0.15, -0.1) is 0 Å². The summed E-state index contributed by atoms with van der Waals surface area (Å²) in [6.45, 7) is 13.1. The van der Waals surface area contributed by atoms with Gasteiger partial charge in [0.05, 0.1) is 0 Å². The molecule has 0 saturated heterocycles. The van der Waals surface area contributed by atoms with Crippen LogP contribution in [0.1, 0.15) is 65.5 Å². The second-order valence-corrected chi connectivity index (χ2v) is 9.36. The van der Waals surface area contributed by atoms with Crippen molar-refractivity contribution < 1.29 is 5.11 Å². The Kier molecular flexibility index (Phi) is 5.77. The van der Waals surface area contributed by atoms with Crippen LogP contribution in [0.3, 0.4) is 0 Å². The van der Waals surface area contributed by atoms with E-state index in [4.69, 9.17) is 11.6 Å². The number of rotatable bonds is 6. The van der Waals surface area contributed by atoms with Crippen molar-refractivity contribution in [1.29, 1.82) is 0 Å². The Balaban J connectivity index is 2.30. The maximum Gasteiger partial charge on any atom is 0.128 e. The molecule has 0 atom stereocenters. The number of phenolic OH excluding ortho intramolecular Hbond substituents is 1. The summed E-state index contributed by atoms with van der Waals surface area (Å²) in [4.78, 5) is 0. The number of aromatic nitrogens is 3. The van der Waals surface area contributed by atoms with Crippen LogP contribution in [0.5, 0.6) is 5.75 Å². The lowest BCUT2D eigenvalue weighted by molar-refractivity contribution is 0.426. The number of phenols is 1. The van der Waals surface area contributed by atoms with E-state index in [1.54, 1.807) is 0 Å². The summed E-state index contributed by atoms with van der Waals surface area (Å²) in [5.41, 5.74) is 4.79. The third-order valence-corrected chi connectivity index (χ3v) is 6.52. The molecule has 1 heterocycles. The number of nitrogens with one attached hydrogen (secondary N) is 1. The van der Waals surface area contributed by atoms with Crippen LogP contribution in [0, 0.1) is 0 Å². The first-order valence-electron chi connectivity index (χ1n) is 10.2. The van der Waals surface area contributed by atoms with Gasteiger partial charge in [0, 0.05) is 21.7 Å². The molecule has 0 saturated carbocycles. The predicted molar refractivity (Wildman–Crippen MR) is 121 cm³/mol. The molecule has 0 unspecified atom stereocenters. The fourth-order valence-electron chi connectivity index (χ4n) is 3.37. The fourth-order valence-corrected chi connectivity index (χ4v) is 3.56. The SMILES string of the molecule is CCC(C)(C)c1cc(-c2n[nH]nc2-c2cccc(Cl)c2)c(O)c(C(C)(C)CC)c1. The Morgan fingerprint density at radius 3 is 2.21 bits per heavy atom. The summed E-state index contributed by atoms with van der Waals surface area (Å²) in [5, 5.41) is 23.4. The Morgan fingerprint density at radius 1 is 0.931 bits per heavy atom. The average Bonchev–Trinajstić information content (AvgIpc) is 3.17. The molecule has 0 aliphatic heterocycles. The van der Waals surface area contributed by atoms with E-state index in [-0.39, 0.29) is 16.6 Å². The summed E-state index contributed by atoms with van der Waals surface area (Å²) in [6.07, 6.45) is 1.90. The van der Waals surface area contributed by atoms with Gasteiger partial charge in [0.25, 0.3) is 0 Å². The highest BCUT2D eigenvalue weighted by Gasteiger charge is 2.30. The number of hydrogen-bond acceptors (Lipinski definition) is 3. The molecule has 0 bridgehead atoms. The molecule has 5 heteroatoms. The minimum Gasteiger partial charge on any atom is -0.507 e. The number of halogens is 1. The zero-order valence-corrected chi connectivity index (χ0v) is 18.9. The number of hydrogen-bond donors (Lipinski definition) is 2. The first kappa shape index (κ1) is 21.4. The molecule has 2 N–H and O–H groups in total. The van der Waals surface area contributed by atoms with Gasteiger partial charge < -0.3 is 5.11 Å². The van der Waals surface area contributed by atoms with Crippen molar-refractivity contribution in [2.75, 3.05) is 0 Å². The quantitative estimate of drug-likeness (QED) is 0.465. The van der Waals surface area contributed by atoms with E-state index in [0.29, 0.717) is 22.0 Å². The molecule has 29 heavy (non-hydrogen) atoms. The first-order chi connectivity index (χ1) is 13.6. The zero-order chi connectivity index (χ0) is 21.4. The summed E-state index contributed by atoms with van der Waals surface area (Å²) in [6, 6.07) is 11.7. The van der Waals surface area contributed by atoms with Crippen molar-refractivity contribution in [2.45, 2.75) is 65.2 Å². The van der Waals surface area contributed by atoms with Crippen molar-refractivity contribution in [2.24, 2.45) is 0 Å². The van der Waals surface area contributed by atoms with Gasteiger partial charge in [0.15, 0.2) is 0 Å². The van der Waals surface area contributed by atoms with E-state index in [1.807, 2.05) is 24.3 Å². The second kappa shape index (κ2) is 7.83. The van der Waals surface area contributed by atoms with Gasteiger partial charge in [-0.3, -0.25) is 0 Å². The van der Waals surface area contributed by atoms with E-state index in [9.17, 15) is 5.11 Å². The molecule has 0 spiro atoms. The predicted octanol–water partition coefficient (Wildman–Crippen LogP) is 6.87. The molecule has 0 aliphatic rings. The zero-order valence-electron chi connectivity index (χ0n) is 18.1. The minimum absolute atomic E-state index is 0.0268. The van der Waals surface area contributed by atoms with Gasteiger partial charge in [-0.1, -0.05) is 71.3 Å². The lowest BCUT2D eigenvalue weighted by atomic mass is 9.75. The van der Waals surface area contributed by atoms with E-state index in [0.717, 1.165) is 24.0 Å². The molecule has 0 amide bonds. The second-order valence-electron chi connectivity index (χ2n) is 8.93. The Labute approximate surface area is 178 Å².